The van der Waals surface area contributed by atoms with Crippen molar-refractivity contribution in [1.29, 1.82) is 10.5 Å². The molecule has 1 aromatic carbocycles. The number of carbonyl (C=O) groups is 1. The number of ether oxygens (including phenoxy) is 2. The summed E-state index contributed by atoms with van der Waals surface area (Å²) in [4.78, 5) is 14.1. The van der Waals surface area contributed by atoms with E-state index in [-0.39, 0.29) is 5.57 Å². The van der Waals surface area contributed by atoms with Gasteiger partial charge in [-0.05, 0) is 75.3 Å². The molecule has 0 saturated carbocycles. The summed E-state index contributed by atoms with van der Waals surface area (Å²) < 4.78 is 11.5. The Bertz CT molecular complexity index is 1160. The van der Waals surface area contributed by atoms with Gasteiger partial charge in [-0.25, -0.2) is 0 Å². The molecule has 33 heavy (non-hydrogen) atoms. The van der Waals surface area contributed by atoms with Crippen molar-refractivity contribution in [2.24, 2.45) is 0 Å². The number of hydrogen-bond acceptors (Lipinski definition) is 6. The molecule has 7 heteroatoms. The lowest BCUT2D eigenvalue weighted by molar-refractivity contribution is -0.112. The summed E-state index contributed by atoms with van der Waals surface area (Å²) in [5, 5.41) is 22.6. The molecule has 0 bridgehead atoms. The van der Waals surface area contributed by atoms with Crippen LogP contribution in [0.1, 0.15) is 53.8 Å². The minimum atomic E-state index is -0.537. The lowest BCUT2D eigenvalue weighted by Crippen LogP contribution is -2.13. The van der Waals surface area contributed by atoms with Crippen LogP contribution in [0.25, 0.3) is 6.08 Å². The molecule has 0 saturated heterocycles. The van der Waals surface area contributed by atoms with Crippen molar-refractivity contribution >= 4 is 28.3 Å². The fraction of sp³-hybridized carbons (Fsp3) is 0.346. The zero-order chi connectivity index (χ0) is 23.8. The number of anilines is 1. The first-order chi connectivity index (χ1) is 16.1. The summed E-state index contributed by atoms with van der Waals surface area (Å²) in [7, 11) is 0. The van der Waals surface area contributed by atoms with Crippen molar-refractivity contribution in [3.8, 4) is 23.6 Å². The second-order valence-electron chi connectivity index (χ2n) is 7.52. The molecule has 1 aliphatic rings. The number of nitrogens with zero attached hydrogens (tertiary/aromatic N) is 2. The lowest BCUT2D eigenvalue weighted by atomic mass is 9.96. The Balaban J connectivity index is 1.95. The Morgan fingerprint density at radius 3 is 2.64 bits per heavy atom. The molecule has 1 aromatic heterocycles. The van der Waals surface area contributed by atoms with E-state index >= 15 is 0 Å². The number of carbonyl (C=O) groups excluding carboxylic acids is 1. The van der Waals surface area contributed by atoms with Crippen molar-refractivity contribution in [3.63, 3.8) is 0 Å². The molecule has 1 aliphatic carbocycles. The molecular formula is C26H27N3O3S. The maximum absolute atomic E-state index is 12.9. The van der Waals surface area contributed by atoms with Crippen molar-refractivity contribution in [2.75, 3.05) is 18.5 Å². The van der Waals surface area contributed by atoms with Crippen LogP contribution in [0.2, 0.25) is 0 Å². The molecule has 0 aliphatic heterocycles. The van der Waals surface area contributed by atoms with Crippen LogP contribution >= 0.6 is 11.3 Å². The summed E-state index contributed by atoms with van der Waals surface area (Å²) >= 11 is 1.44. The van der Waals surface area contributed by atoms with E-state index in [0.717, 1.165) is 41.7 Å². The molecule has 0 fully saturated rings. The van der Waals surface area contributed by atoms with E-state index in [2.05, 4.69) is 18.0 Å². The van der Waals surface area contributed by atoms with Crippen LogP contribution in [0.3, 0.4) is 0 Å². The van der Waals surface area contributed by atoms with Gasteiger partial charge in [0.05, 0.1) is 18.8 Å². The van der Waals surface area contributed by atoms with Gasteiger partial charge in [-0.2, -0.15) is 10.5 Å². The first-order valence-corrected chi connectivity index (χ1v) is 11.9. The fourth-order valence-electron chi connectivity index (χ4n) is 3.90. The third-order valence-corrected chi connectivity index (χ3v) is 6.50. The van der Waals surface area contributed by atoms with E-state index < -0.39 is 5.91 Å². The molecule has 0 atom stereocenters. The standard InChI is InChI=1S/C26H27N3O3S/c1-4-9-18-12-17(14-22(31-5-2)24(18)32-6-3)13-19(15-27)25(30)29-26-21(16-28)20-10-7-8-11-23(20)33-26/h4,12-14H,1,5-11H2,2-3H3,(H,29,30). The SMILES string of the molecule is C=CCc1cc(C=C(C#N)C(=O)Nc2sc3c(c2C#N)CCCC3)cc(OCC)c1OCC. The van der Waals surface area contributed by atoms with Crippen molar-refractivity contribution in [1.82, 2.24) is 0 Å². The number of amides is 1. The zero-order valence-corrected chi connectivity index (χ0v) is 19.8. The third-order valence-electron chi connectivity index (χ3n) is 5.29. The Morgan fingerprint density at radius 1 is 1.21 bits per heavy atom. The quantitative estimate of drug-likeness (QED) is 0.299. The van der Waals surface area contributed by atoms with Crippen LogP contribution in [-0.2, 0) is 24.1 Å². The van der Waals surface area contributed by atoms with Gasteiger partial charge in [0.2, 0.25) is 0 Å². The summed E-state index contributed by atoms with van der Waals surface area (Å²) in [5.74, 6) is 0.659. The van der Waals surface area contributed by atoms with Crippen LogP contribution < -0.4 is 14.8 Å². The van der Waals surface area contributed by atoms with Crippen LogP contribution in [0.15, 0.2) is 30.4 Å². The molecule has 1 amide bonds. The van der Waals surface area contributed by atoms with Crippen molar-refractivity contribution in [3.05, 3.63) is 57.5 Å². The van der Waals surface area contributed by atoms with E-state index in [1.54, 1.807) is 12.1 Å². The number of thiophene rings is 1. The number of allylic oxidation sites excluding steroid dienone is 1. The number of rotatable bonds is 9. The lowest BCUT2D eigenvalue weighted by Gasteiger charge is -2.16. The van der Waals surface area contributed by atoms with Gasteiger partial charge < -0.3 is 14.8 Å². The van der Waals surface area contributed by atoms with Gasteiger partial charge in [-0.3, -0.25) is 4.79 Å². The minimum Gasteiger partial charge on any atom is -0.490 e. The highest BCUT2D eigenvalue weighted by molar-refractivity contribution is 7.16. The summed E-state index contributed by atoms with van der Waals surface area (Å²) in [6, 6.07) is 7.85. The fourth-order valence-corrected chi connectivity index (χ4v) is 5.14. The third kappa shape index (κ3) is 5.45. The Morgan fingerprint density at radius 2 is 1.97 bits per heavy atom. The predicted octanol–water partition coefficient (Wildman–Crippen LogP) is 5.57. The second-order valence-corrected chi connectivity index (χ2v) is 8.62. The van der Waals surface area contributed by atoms with Gasteiger partial charge in [-0.1, -0.05) is 6.08 Å². The highest BCUT2D eigenvalue weighted by Crippen LogP contribution is 2.38. The molecule has 6 nitrogen and oxygen atoms in total. The molecule has 0 spiro atoms. The minimum absolute atomic E-state index is 0.0542. The van der Waals surface area contributed by atoms with E-state index in [1.165, 1.54) is 17.4 Å². The number of nitrogens with one attached hydrogen (secondary N) is 1. The summed E-state index contributed by atoms with van der Waals surface area (Å²) in [5.41, 5.74) is 3.01. The highest BCUT2D eigenvalue weighted by atomic mass is 32.1. The Labute approximate surface area is 198 Å². The van der Waals surface area contributed by atoms with Crippen LogP contribution in [0, 0.1) is 22.7 Å². The number of benzene rings is 1. The van der Waals surface area contributed by atoms with Gasteiger partial charge in [0.15, 0.2) is 11.5 Å². The highest BCUT2D eigenvalue weighted by Gasteiger charge is 2.23. The molecule has 1 N–H and O–H groups in total. The second kappa shape index (κ2) is 11.4. The molecule has 3 rings (SSSR count). The maximum Gasteiger partial charge on any atom is 0.266 e. The Hall–Kier alpha value is -3.55. The van der Waals surface area contributed by atoms with Gasteiger partial charge in [0, 0.05) is 10.4 Å². The van der Waals surface area contributed by atoms with Crippen LogP contribution in [-0.4, -0.2) is 19.1 Å². The van der Waals surface area contributed by atoms with Crippen molar-refractivity contribution < 1.29 is 14.3 Å². The monoisotopic (exact) mass is 461 g/mol. The van der Waals surface area contributed by atoms with Gasteiger partial charge in [0.1, 0.15) is 22.7 Å². The molecule has 0 unspecified atom stereocenters. The smallest absolute Gasteiger partial charge is 0.266 e. The molecular weight excluding hydrogens is 434 g/mol. The van der Waals surface area contributed by atoms with Crippen molar-refractivity contribution in [2.45, 2.75) is 46.0 Å². The number of nitriles is 2. The first-order valence-electron chi connectivity index (χ1n) is 11.1. The predicted molar refractivity (Wildman–Crippen MR) is 131 cm³/mol. The first kappa shape index (κ1) is 24.1. The number of hydrogen-bond donors (Lipinski definition) is 1. The average Bonchev–Trinajstić information content (AvgIpc) is 3.16. The van der Waals surface area contributed by atoms with E-state index in [9.17, 15) is 15.3 Å². The molecule has 0 radical (unpaired) electrons. The van der Waals surface area contributed by atoms with Gasteiger partial charge >= 0.3 is 0 Å². The maximum atomic E-state index is 12.9. The summed E-state index contributed by atoms with van der Waals surface area (Å²) in [6.07, 6.45) is 7.75. The zero-order valence-electron chi connectivity index (χ0n) is 19.0. The topological polar surface area (TPSA) is 95.1 Å². The largest absolute Gasteiger partial charge is 0.490 e. The molecule has 1 heterocycles. The van der Waals surface area contributed by atoms with E-state index in [4.69, 9.17) is 9.47 Å². The molecule has 2 aromatic rings. The number of aryl methyl sites for hydroxylation is 1. The average molecular weight is 462 g/mol. The van der Waals surface area contributed by atoms with E-state index in [0.29, 0.717) is 47.3 Å². The summed E-state index contributed by atoms with van der Waals surface area (Å²) in [6.45, 7) is 8.52. The van der Waals surface area contributed by atoms with Gasteiger partial charge in [0.25, 0.3) is 5.91 Å². The van der Waals surface area contributed by atoms with E-state index in [1.807, 2.05) is 26.0 Å². The van der Waals surface area contributed by atoms with Crippen LogP contribution in [0.5, 0.6) is 11.5 Å². The Kier molecular flexibility index (Phi) is 8.29. The molecule has 170 valence electrons. The van der Waals surface area contributed by atoms with Crippen LogP contribution in [0.4, 0.5) is 5.00 Å². The van der Waals surface area contributed by atoms with Gasteiger partial charge in [-0.15, -0.1) is 17.9 Å². The number of fused-ring (bicyclic) bond motifs is 1. The normalized spacial score (nSPS) is 12.8.